The molecule has 0 saturated heterocycles. The van der Waals surface area contributed by atoms with Crippen LogP contribution >= 0.6 is 11.6 Å². The molecule has 2 rings (SSSR count). The number of benzene rings is 1. The third kappa shape index (κ3) is 3.92. The van der Waals surface area contributed by atoms with E-state index in [1.807, 2.05) is 31.2 Å². The molecule has 1 heterocycles. The van der Waals surface area contributed by atoms with Crippen molar-refractivity contribution in [3.8, 4) is 0 Å². The average Bonchev–Trinajstić information content (AvgIpc) is 2.60. The van der Waals surface area contributed by atoms with Crippen molar-refractivity contribution in [2.45, 2.75) is 25.8 Å². The Bertz CT molecular complexity index is 729. The Morgan fingerprint density at radius 3 is 2.25 bits per heavy atom. The van der Waals surface area contributed by atoms with Crippen LogP contribution in [0, 0.1) is 0 Å². The number of nitrogens with zero attached hydrogens (tertiary/aromatic N) is 2. The fraction of sp³-hybridized carbons (Fsp3) is 0.278. The maximum atomic E-state index is 12.6. The summed E-state index contributed by atoms with van der Waals surface area (Å²) < 4.78 is 0. The van der Waals surface area contributed by atoms with Gasteiger partial charge in [0.15, 0.2) is 0 Å². The Hall–Kier alpha value is -2.40. The van der Waals surface area contributed by atoms with Crippen LogP contribution in [-0.2, 0) is 0 Å². The van der Waals surface area contributed by atoms with Crippen LogP contribution in [0.5, 0.6) is 0 Å². The molecule has 0 unspecified atom stereocenters. The molecule has 0 aliphatic carbocycles. The zero-order valence-corrected chi connectivity index (χ0v) is 14.6. The number of pyridine rings is 1. The van der Waals surface area contributed by atoms with Crippen molar-refractivity contribution in [1.29, 1.82) is 0 Å². The van der Waals surface area contributed by atoms with Crippen LogP contribution in [0.25, 0.3) is 0 Å². The number of rotatable bonds is 5. The van der Waals surface area contributed by atoms with E-state index in [1.54, 1.807) is 18.0 Å². The molecule has 0 bridgehead atoms. The summed E-state index contributed by atoms with van der Waals surface area (Å²) in [5, 5.41) is 0.684. The highest BCUT2D eigenvalue weighted by Crippen LogP contribution is 2.24. The minimum absolute atomic E-state index is 0.0329. The van der Waals surface area contributed by atoms with Crippen molar-refractivity contribution in [2.24, 2.45) is 5.73 Å². The molecule has 1 aromatic heterocycles. The molecule has 24 heavy (non-hydrogen) atoms. The molecule has 0 saturated carbocycles. The van der Waals surface area contributed by atoms with Crippen LogP contribution in [0.2, 0.25) is 5.02 Å². The lowest BCUT2D eigenvalue weighted by atomic mass is 9.93. The fourth-order valence-electron chi connectivity index (χ4n) is 2.43. The Labute approximate surface area is 146 Å². The van der Waals surface area contributed by atoms with E-state index in [0.29, 0.717) is 10.6 Å². The molecule has 0 spiro atoms. The number of likely N-dealkylation sites (N-methyl/N-ethyl adjacent to an activating group) is 1. The zero-order valence-electron chi connectivity index (χ0n) is 13.9. The SMILES string of the molecule is C[C@H](c1ccc(Cl)cc1)[C@@H](C)N(C)C(=O)c1ccc(C(N)=O)nc1. The number of carbonyl (C=O) groups is 2. The van der Waals surface area contributed by atoms with E-state index in [9.17, 15) is 9.59 Å². The number of halogens is 1. The quantitative estimate of drug-likeness (QED) is 0.904. The second kappa shape index (κ2) is 7.45. The van der Waals surface area contributed by atoms with Gasteiger partial charge in [-0.1, -0.05) is 30.7 Å². The molecule has 2 amide bonds. The molecule has 126 valence electrons. The first-order valence-corrected chi connectivity index (χ1v) is 7.97. The third-order valence-electron chi connectivity index (χ3n) is 4.31. The van der Waals surface area contributed by atoms with Crippen LogP contribution in [0.1, 0.15) is 46.2 Å². The van der Waals surface area contributed by atoms with Crippen molar-refractivity contribution < 1.29 is 9.59 Å². The lowest BCUT2D eigenvalue weighted by Gasteiger charge is -2.30. The fourth-order valence-corrected chi connectivity index (χ4v) is 2.56. The highest BCUT2D eigenvalue weighted by Gasteiger charge is 2.23. The van der Waals surface area contributed by atoms with Crippen molar-refractivity contribution in [1.82, 2.24) is 9.88 Å². The maximum absolute atomic E-state index is 12.6. The van der Waals surface area contributed by atoms with Crippen LogP contribution in [-0.4, -0.2) is 34.8 Å². The normalized spacial score (nSPS) is 13.2. The van der Waals surface area contributed by atoms with Crippen molar-refractivity contribution in [3.63, 3.8) is 0 Å². The Morgan fingerprint density at radius 1 is 1.12 bits per heavy atom. The Kier molecular flexibility index (Phi) is 5.57. The average molecular weight is 346 g/mol. The number of hydrogen-bond acceptors (Lipinski definition) is 3. The van der Waals surface area contributed by atoms with Crippen molar-refractivity contribution in [2.75, 3.05) is 7.05 Å². The van der Waals surface area contributed by atoms with Gasteiger partial charge >= 0.3 is 0 Å². The molecule has 0 aliphatic rings. The second-order valence-corrected chi connectivity index (χ2v) is 6.23. The van der Waals surface area contributed by atoms with Gasteiger partial charge in [0, 0.05) is 30.2 Å². The summed E-state index contributed by atoms with van der Waals surface area (Å²) >= 11 is 5.92. The summed E-state index contributed by atoms with van der Waals surface area (Å²) in [7, 11) is 1.75. The third-order valence-corrected chi connectivity index (χ3v) is 4.57. The summed E-state index contributed by atoms with van der Waals surface area (Å²) in [6.07, 6.45) is 1.37. The summed E-state index contributed by atoms with van der Waals surface area (Å²) in [6, 6.07) is 10.6. The molecule has 2 N–H and O–H groups in total. The first kappa shape index (κ1) is 17.9. The van der Waals surface area contributed by atoms with Crippen molar-refractivity contribution in [3.05, 3.63) is 64.4 Å². The predicted molar refractivity (Wildman–Crippen MR) is 94.2 cm³/mol. The zero-order chi connectivity index (χ0) is 17.9. The van der Waals surface area contributed by atoms with Gasteiger partial charge in [0.25, 0.3) is 11.8 Å². The summed E-state index contributed by atoms with van der Waals surface area (Å²) in [5.74, 6) is -0.645. The Morgan fingerprint density at radius 2 is 1.75 bits per heavy atom. The van der Waals surface area contributed by atoms with E-state index in [4.69, 9.17) is 17.3 Å². The lowest BCUT2D eigenvalue weighted by molar-refractivity contribution is 0.0725. The molecular weight excluding hydrogens is 326 g/mol. The van der Waals surface area contributed by atoms with Crippen LogP contribution in [0.4, 0.5) is 0 Å². The Balaban J connectivity index is 2.13. The predicted octanol–water partition coefficient (Wildman–Crippen LogP) is 3.10. The van der Waals surface area contributed by atoms with Gasteiger partial charge in [-0.25, -0.2) is 0 Å². The number of carbonyl (C=O) groups excluding carboxylic acids is 2. The summed E-state index contributed by atoms with van der Waals surface area (Å²) in [5.41, 5.74) is 6.81. The first-order chi connectivity index (χ1) is 11.3. The van der Waals surface area contributed by atoms with Gasteiger partial charge in [0.1, 0.15) is 5.69 Å². The molecule has 0 aliphatic heterocycles. The summed E-state index contributed by atoms with van der Waals surface area (Å²) in [4.78, 5) is 29.2. The lowest BCUT2D eigenvalue weighted by Crippen LogP contribution is -2.38. The number of aromatic nitrogens is 1. The molecule has 1 aromatic carbocycles. The van der Waals surface area contributed by atoms with E-state index in [1.165, 1.54) is 12.3 Å². The number of nitrogens with two attached hydrogens (primary N) is 1. The highest BCUT2D eigenvalue weighted by molar-refractivity contribution is 6.30. The van der Waals surface area contributed by atoms with Crippen LogP contribution in [0.3, 0.4) is 0 Å². The maximum Gasteiger partial charge on any atom is 0.267 e. The van der Waals surface area contributed by atoms with Gasteiger partial charge in [0.2, 0.25) is 0 Å². The highest BCUT2D eigenvalue weighted by atomic mass is 35.5. The van der Waals surface area contributed by atoms with E-state index in [0.717, 1.165) is 5.56 Å². The molecule has 0 fully saturated rings. The molecule has 2 atom stereocenters. The van der Waals surface area contributed by atoms with Crippen LogP contribution < -0.4 is 5.73 Å². The van der Waals surface area contributed by atoms with E-state index in [-0.39, 0.29) is 23.6 Å². The van der Waals surface area contributed by atoms with Gasteiger partial charge in [0.05, 0.1) is 5.56 Å². The van der Waals surface area contributed by atoms with Gasteiger partial charge in [-0.05, 0) is 36.8 Å². The number of hydrogen-bond donors (Lipinski definition) is 1. The number of amides is 2. The minimum atomic E-state index is -0.618. The number of primary amides is 1. The van der Waals surface area contributed by atoms with E-state index < -0.39 is 5.91 Å². The molecule has 2 aromatic rings. The van der Waals surface area contributed by atoms with E-state index >= 15 is 0 Å². The van der Waals surface area contributed by atoms with Gasteiger partial charge in [-0.2, -0.15) is 0 Å². The van der Waals surface area contributed by atoms with Gasteiger partial charge < -0.3 is 10.6 Å². The van der Waals surface area contributed by atoms with Crippen molar-refractivity contribution >= 4 is 23.4 Å². The molecule has 0 radical (unpaired) electrons. The smallest absolute Gasteiger partial charge is 0.267 e. The second-order valence-electron chi connectivity index (χ2n) is 5.79. The first-order valence-electron chi connectivity index (χ1n) is 7.59. The van der Waals surface area contributed by atoms with Gasteiger partial charge in [-0.3, -0.25) is 14.6 Å². The molecular formula is C18H20ClN3O2. The molecule has 5 nitrogen and oxygen atoms in total. The minimum Gasteiger partial charge on any atom is -0.364 e. The monoisotopic (exact) mass is 345 g/mol. The largest absolute Gasteiger partial charge is 0.364 e. The molecule has 6 heteroatoms. The van der Waals surface area contributed by atoms with E-state index in [2.05, 4.69) is 11.9 Å². The standard InChI is InChI=1S/C18H20ClN3O2/c1-11(13-4-7-15(19)8-5-13)12(2)22(3)18(24)14-6-9-16(17(20)23)21-10-14/h4-12H,1-3H3,(H2,20,23)/t11-,12+/m0/s1. The topological polar surface area (TPSA) is 76.3 Å². The van der Waals surface area contributed by atoms with Gasteiger partial charge in [-0.15, -0.1) is 0 Å². The van der Waals surface area contributed by atoms with Crippen LogP contribution in [0.15, 0.2) is 42.6 Å². The summed E-state index contributed by atoms with van der Waals surface area (Å²) in [6.45, 7) is 4.05.